The number of hydrogen-bond acceptors (Lipinski definition) is 3. The van der Waals surface area contributed by atoms with Gasteiger partial charge in [0, 0.05) is 36.4 Å². The zero-order valence-electron chi connectivity index (χ0n) is 11.9. The third kappa shape index (κ3) is 1.97. The minimum atomic E-state index is 0.580. The van der Waals surface area contributed by atoms with Crippen molar-refractivity contribution in [3.8, 4) is 11.3 Å². The van der Waals surface area contributed by atoms with E-state index in [4.69, 9.17) is 0 Å². The van der Waals surface area contributed by atoms with E-state index < -0.39 is 0 Å². The Balaban J connectivity index is 1.64. The molecule has 0 spiro atoms. The van der Waals surface area contributed by atoms with Crippen LogP contribution in [0.2, 0.25) is 0 Å². The molecule has 2 aromatic rings. The summed E-state index contributed by atoms with van der Waals surface area (Å²) in [6, 6.07) is 1.98. The summed E-state index contributed by atoms with van der Waals surface area (Å²) in [5.41, 5.74) is 2.38. The van der Waals surface area contributed by atoms with Gasteiger partial charge in [-0.05, 0) is 32.6 Å². The van der Waals surface area contributed by atoms with Gasteiger partial charge >= 0.3 is 0 Å². The van der Waals surface area contributed by atoms with Crippen molar-refractivity contribution in [2.75, 3.05) is 0 Å². The van der Waals surface area contributed by atoms with Crippen molar-refractivity contribution < 1.29 is 0 Å². The van der Waals surface area contributed by atoms with E-state index >= 15 is 0 Å². The molecule has 5 nitrogen and oxygen atoms in total. The van der Waals surface area contributed by atoms with Gasteiger partial charge < -0.3 is 9.88 Å². The Morgan fingerprint density at radius 2 is 2.05 bits per heavy atom. The summed E-state index contributed by atoms with van der Waals surface area (Å²) in [7, 11) is 0. The lowest BCUT2D eigenvalue weighted by molar-refractivity contribution is 0.300. The van der Waals surface area contributed by atoms with Crippen LogP contribution in [0.5, 0.6) is 0 Å². The Labute approximate surface area is 119 Å². The van der Waals surface area contributed by atoms with Gasteiger partial charge in [-0.3, -0.25) is 4.68 Å². The molecule has 2 atom stereocenters. The van der Waals surface area contributed by atoms with Crippen LogP contribution in [0.1, 0.15) is 38.6 Å². The topological polar surface area (TPSA) is 47.7 Å². The molecule has 0 amide bonds. The molecule has 20 heavy (non-hydrogen) atoms. The Bertz CT molecular complexity index is 587. The van der Waals surface area contributed by atoms with E-state index in [-0.39, 0.29) is 0 Å². The Morgan fingerprint density at radius 1 is 1.25 bits per heavy atom. The van der Waals surface area contributed by atoms with Crippen LogP contribution in [0, 0.1) is 0 Å². The average Bonchev–Trinajstić information content (AvgIpc) is 3.17. The summed E-state index contributed by atoms with van der Waals surface area (Å²) in [4.78, 5) is 4.38. The van der Waals surface area contributed by atoms with Gasteiger partial charge in [0.15, 0.2) is 0 Å². The number of rotatable bonds is 3. The zero-order valence-corrected chi connectivity index (χ0v) is 11.9. The van der Waals surface area contributed by atoms with E-state index in [9.17, 15) is 0 Å². The second kappa shape index (κ2) is 4.74. The molecule has 2 aromatic heterocycles. The lowest BCUT2D eigenvalue weighted by atomic mass is 9.99. The molecule has 2 bridgehead atoms. The van der Waals surface area contributed by atoms with Crippen molar-refractivity contribution in [1.82, 2.24) is 24.6 Å². The fourth-order valence-electron chi connectivity index (χ4n) is 3.74. The number of hydrogen-bond donors (Lipinski definition) is 1. The minimum Gasteiger partial charge on any atom is -0.327 e. The average molecular weight is 271 g/mol. The Hall–Kier alpha value is -1.62. The summed E-state index contributed by atoms with van der Waals surface area (Å²) in [6.07, 6.45) is 13.1. The summed E-state index contributed by atoms with van der Waals surface area (Å²) in [6.45, 7) is 3.02. The van der Waals surface area contributed by atoms with Gasteiger partial charge in [-0.2, -0.15) is 5.10 Å². The molecule has 2 aliphatic rings. The first-order valence-corrected chi connectivity index (χ1v) is 7.64. The fourth-order valence-corrected chi connectivity index (χ4v) is 3.74. The normalized spacial score (nSPS) is 28.9. The van der Waals surface area contributed by atoms with Crippen LogP contribution in [0.15, 0.2) is 24.9 Å². The first-order chi connectivity index (χ1) is 9.83. The van der Waals surface area contributed by atoms with Crippen molar-refractivity contribution in [2.45, 2.75) is 57.3 Å². The summed E-state index contributed by atoms with van der Waals surface area (Å²) < 4.78 is 4.34. The number of imidazole rings is 1. The third-order valence-corrected chi connectivity index (χ3v) is 4.76. The molecule has 2 unspecified atom stereocenters. The quantitative estimate of drug-likeness (QED) is 0.931. The molecule has 2 aliphatic heterocycles. The number of nitrogens with zero attached hydrogens (tertiary/aromatic N) is 4. The van der Waals surface area contributed by atoms with Gasteiger partial charge in [-0.25, -0.2) is 4.98 Å². The molecule has 0 radical (unpaired) electrons. The van der Waals surface area contributed by atoms with Gasteiger partial charge in [0.25, 0.3) is 0 Å². The summed E-state index contributed by atoms with van der Waals surface area (Å²) in [5.74, 6) is 0. The molecule has 106 valence electrons. The van der Waals surface area contributed by atoms with Crippen molar-refractivity contribution in [3.05, 3.63) is 24.9 Å². The van der Waals surface area contributed by atoms with Crippen molar-refractivity contribution in [2.24, 2.45) is 0 Å². The Kier molecular flexibility index (Phi) is 2.88. The van der Waals surface area contributed by atoms with Gasteiger partial charge in [0.05, 0.1) is 24.4 Å². The van der Waals surface area contributed by atoms with Crippen molar-refractivity contribution in [3.63, 3.8) is 0 Å². The van der Waals surface area contributed by atoms with Crippen LogP contribution < -0.4 is 5.32 Å². The predicted molar refractivity (Wildman–Crippen MR) is 77.3 cm³/mol. The second-order valence-electron chi connectivity index (χ2n) is 6.03. The number of aromatic nitrogens is 4. The SMILES string of the molecule is CCn1cc(-c2cncn2C2CC3CCC(C2)N3)cn1. The molecule has 4 heterocycles. The maximum absolute atomic E-state index is 4.38. The van der Waals surface area contributed by atoms with Gasteiger partial charge in [-0.15, -0.1) is 0 Å². The first kappa shape index (κ1) is 12.1. The van der Waals surface area contributed by atoms with Crippen LogP contribution in [0.4, 0.5) is 0 Å². The minimum absolute atomic E-state index is 0.580. The highest BCUT2D eigenvalue weighted by atomic mass is 15.3. The lowest BCUT2D eigenvalue weighted by Gasteiger charge is -2.30. The highest BCUT2D eigenvalue weighted by Crippen LogP contribution is 2.36. The van der Waals surface area contributed by atoms with Crippen LogP contribution in [0.25, 0.3) is 11.3 Å². The van der Waals surface area contributed by atoms with E-state index in [1.165, 1.54) is 36.9 Å². The molecular formula is C15H21N5. The lowest BCUT2D eigenvalue weighted by Crippen LogP contribution is -2.38. The molecular weight excluding hydrogens is 250 g/mol. The molecule has 1 N–H and O–H groups in total. The monoisotopic (exact) mass is 271 g/mol. The third-order valence-electron chi connectivity index (χ3n) is 4.76. The molecule has 0 saturated carbocycles. The van der Waals surface area contributed by atoms with Crippen LogP contribution in [0.3, 0.4) is 0 Å². The van der Waals surface area contributed by atoms with Crippen LogP contribution in [-0.4, -0.2) is 31.4 Å². The van der Waals surface area contributed by atoms with Crippen molar-refractivity contribution >= 4 is 0 Å². The van der Waals surface area contributed by atoms with E-state index in [0.717, 1.165) is 6.54 Å². The largest absolute Gasteiger partial charge is 0.327 e. The van der Waals surface area contributed by atoms with E-state index in [0.29, 0.717) is 18.1 Å². The van der Waals surface area contributed by atoms with E-state index in [1.807, 2.05) is 23.4 Å². The Morgan fingerprint density at radius 3 is 2.75 bits per heavy atom. The van der Waals surface area contributed by atoms with Gasteiger partial charge in [0.1, 0.15) is 0 Å². The first-order valence-electron chi connectivity index (χ1n) is 7.64. The second-order valence-corrected chi connectivity index (χ2v) is 6.03. The molecule has 0 aliphatic carbocycles. The van der Waals surface area contributed by atoms with Crippen LogP contribution >= 0.6 is 0 Å². The molecule has 5 heteroatoms. The standard InChI is InChI=1S/C15H21N5/c1-2-19-9-11(7-17-19)15-8-16-10-20(15)14-5-12-3-4-13(6-14)18-12/h7-10,12-14,18H,2-6H2,1H3. The maximum Gasteiger partial charge on any atom is 0.0953 e. The molecule has 0 aromatic carbocycles. The van der Waals surface area contributed by atoms with Crippen LogP contribution in [-0.2, 0) is 6.54 Å². The number of piperidine rings is 1. The van der Waals surface area contributed by atoms with Gasteiger partial charge in [-0.1, -0.05) is 0 Å². The number of fused-ring (bicyclic) bond motifs is 2. The highest BCUT2D eigenvalue weighted by Gasteiger charge is 2.34. The summed E-state index contributed by atoms with van der Waals surface area (Å²) in [5, 5.41) is 8.09. The van der Waals surface area contributed by atoms with Crippen molar-refractivity contribution in [1.29, 1.82) is 0 Å². The van der Waals surface area contributed by atoms with Gasteiger partial charge in [0.2, 0.25) is 0 Å². The maximum atomic E-state index is 4.38. The summed E-state index contributed by atoms with van der Waals surface area (Å²) >= 11 is 0. The highest BCUT2D eigenvalue weighted by molar-refractivity contribution is 5.56. The number of nitrogens with one attached hydrogen (secondary N) is 1. The zero-order chi connectivity index (χ0) is 13.5. The number of aryl methyl sites for hydroxylation is 1. The predicted octanol–water partition coefficient (Wildman–Crippen LogP) is 2.22. The molecule has 4 rings (SSSR count). The smallest absolute Gasteiger partial charge is 0.0953 e. The molecule has 2 fully saturated rings. The van der Waals surface area contributed by atoms with E-state index in [1.54, 1.807) is 0 Å². The van der Waals surface area contributed by atoms with E-state index in [2.05, 4.69) is 33.1 Å². The fraction of sp³-hybridized carbons (Fsp3) is 0.600. The molecule has 2 saturated heterocycles.